The third kappa shape index (κ3) is 4.88. The van der Waals surface area contributed by atoms with Crippen LogP contribution in [0.25, 0.3) is 0 Å². The molecule has 1 aromatic rings. The first-order valence-electron chi connectivity index (χ1n) is 10.2. The Labute approximate surface area is 185 Å². The summed E-state index contributed by atoms with van der Waals surface area (Å²) in [6.07, 6.45) is 4.46. The summed E-state index contributed by atoms with van der Waals surface area (Å²) in [4.78, 5) is 29.8. The molecule has 0 bridgehead atoms. The van der Waals surface area contributed by atoms with Gasteiger partial charge in [0.1, 0.15) is 0 Å². The van der Waals surface area contributed by atoms with E-state index in [1.54, 1.807) is 0 Å². The highest BCUT2D eigenvalue weighted by Gasteiger charge is 2.49. The molecule has 29 heavy (non-hydrogen) atoms. The van der Waals surface area contributed by atoms with Gasteiger partial charge in [0.25, 0.3) is 5.91 Å². The molecule has 3 fully saturated rings. The van der Waals surface area contributed by atoms with Gasteiger partial charge >= 0.3 is 0 Å². The minimum atomic E-state index is -0.257. The van der Waals surface area contributed by atoms with Gasteiger partial charge in [-0.25, -0.2) is 0 Å². The number of benzene rings is 1. The van der Waals surface area contributed by atoms with Crippen LogP contribution in [0.15, 0.2) is 24.3 Å². The fourth-order valence-electron chi connectivity index (χ4n) is 4.83. The Hall–Kier alpha value is -1.34. The Bertz CT molecular complexity index is 707. The maximum atomic E-state index is 13.0. The predicted octanol–water partition coefficient (Wildman–Crippen LogP) is 2.64. The lowest BCUT2D eigenvalue weighted by Crippen LogP contribution is -2.47. The predicted molar refractivity (Wildman–Crippen MR) is 120 cm³/mol. The Morgan fingerprint density at radius 3 is 2.45 bits per heavy atom. The number of hydrogen-bond acceptors (Lipinski definition) is 4. The highest BCUT2D eigenvalue weighted by molar-refractivity contribution is 5.98. The third-order valence-corrected chi connectivity index (χ3v) is 6.67. The van der Waals surface area contributed by atoms with Crippen molar-refractivity contribution in [1.82, 2.24) is 15.1 Å². The van der Waals surface area contributed by atoms with E-state index in [-0.39, 0.29) is 42.0 Å². The third-order valence-electron chi connectivity index (χ3n) is 6.67. The molecule has 3 aliphatic rings. The number of nitrogens with one attached hydrogen (secondary N) is 2. The van der Waals surface area contributed by atoms with Crippen LogP contribution in [-0.2, 0) is 4.79 Å². The fourth-order valence-corrected chi connectivity index (χ4v) is 4.83. The maximum Gasteiger partial charge on any atom is 0.253 e. The molecule has 2 saturated heterocycles. The molecule has 0 unspecified atom stereocenters. The van der Waals surface area contributed by atoms with Gasteiger partial charge in [-0.1, -0.05) is 12.8 Å². The van der Waals surface area contributed by atoms with Crippen molar-refractivity contribution in [2.24, 2.45) is 11.3 Å². The molecule has 2 N–H and O–H groups in total. The molecular formula is C21H32Cl2N4O2. The van der Waals surface area contributed by atoms with Crippen LogP contribution in [0.4, 0.5) is 5.69 Å². The standard InChI is InChI=1S/C21H30N4O2.2ClH/c1-24-10-12-25(13-11-24)19(26)16-5-7-18(8-6-16)23-20(27)21-9-3-2-4-17(21)14-22-15-21;;/h5-8,17,22H,2-4,9-15H2,1H3,(H,23,27);2*1H/t17-,21+;;/m0../s1. The molecule has 0 aromatic heterocycles. The number of carbonyl (C=O) groups is 2. The van der Waals surface area contributed by atoms with Crippen LogP contribution in [0.5, 0.6) is 0 Å². The smallest absolute Gasteiger partial charge is 0.253 e. The fraction of sp³-hybridized carbons (Fsp3) is 0.619. The van der Waals surface area contributed by atoms with E-state index in [9.17, 15) is 9.59 Å². The topological polar surface area (TPSA) is 64.7 Å². The number of hydrogen-bond donors (Lipinski definition) is 2. The van der Waals surface area contributed by atoms with Crippen molar-refractivity contribution in [3.8, 4) is 0 Å². The number of anilines is 1. The summed E-state index contributed by atoms with van der Waals surface area (Å²) in [7, 11) is 2.08. The quantitative estimate of drug-likeness (QED) is 0.754. The van der Waals surface area contributed by atoms with Gasteiger partial charge in [-0.2, -0.15) is 0 Å². The van der Waals surface area contributed by atoms with E-state index >= 15 is 0 Å². The van der Waals surface area contributed by atoms with Crippen LogP contribution in [0.1, 0.15) is 36.0 Å². The van der Waals surface area contributed by atoms with Crippen molar-refractivity contribution < 1.29 is 9.59 Å². The molecule has 2 amide bonds. The summed E-state index contributed by atoms with van der Waals surface area (Å²) in [6, 6.07) is 7.38. The zero-order valence-corrected chi connectivity index (χ0v) is 18.6. The molecule has 1 aromatic carbocycles. The second kappa shape index (κ2) is 10.1. The summed E-state index contributed by atoms with van der Waals surface area (Å²) in [5.74, 6) is 0.659. The SMILES string of the molecule is CN1CCN(C(=O)c2ccc(NC(=O)[C@@]34CCCC[C@H]3CNC4)cc2)CC1.Cl.Cl. The number of likely N-dealkylation sites (N-methyl/N-ethyl adjacent to an activating group) is 1. The lowest BCUT2D eigenvalue weighted by atomic mass is 9.67. The Morgan fingerprint density at radius 1 is 1.07 bits per heavy atom. The number of carbonyl (C=O) groups excluding carboxylic acids is 2. The van der Waals surface area contributed by atoms with Crippen molar-refractivity contribution in [1.29, 1.82) is 0 Å². The number of rotatable bonds is 3. The van der Waals surface area contributed by atoms with E-state index in [2.05, 4.69) is 22.6 Å². The van der Waals surface area contributed by atoms with Gasteiger partial charge in [0, 0.05) is 44.0 Å². The van der Waals surface area contributed by atoms with Crippen LogP contribution in [0.3, 0.4) is 0 Å². The van der Waals surface area contributed by atoms with Crippen molar-refractivity contribution in [2.75, 3.05) is 51.6 Å². The number of halogens is 2. The van der Waals surface area contributed by atoms with Gasteiger partial charge < -0.3 is 20.4 Å². The highest BCUT2D eigenvalue weighted by Crippen LogP contribution is 2.44. The van der Waals surface area contributed by atoms with Gasteiger partial charge in [0.15, 0.2) is 0 Å². The average molecular weight is 443 g/mol. The van der Waals surface area contributed by atoms with E-state index < -0.39 is 0 Å². The summed E-state index contributed by atoms with van der Waals surface area (Å²) < 4.78 is 0. The Kier molecular flexibility index (Phi) is 8.35. The van der Waals surface area contributed by atoms with Gasteiger partial charge in [-0.15, -0.1) is 24.8 Å². The monoisotopic (exact) mass is 442 g/mol. The molecule has 4 rings (SSSR count). The molecule has 8 heteroatoms. The van der Waals surface area contributed by atoms with Crippen molar-refractivity contribution in [2.45, 2.75) is 25.7 Å². The van der Waals surface area contributed by atoms with Gasteiger partial charge in [-0.05, 0) is 56.6 Å². The minimum Gasteiger partial charge on any atom is -0.336 e. The summed E-state index contributed by atoms with van der Waals surface area (Å²) in [5.41, 5.74) is 1.21. The van der Waals surface area contributed by atoms with Crippen molar-refractivity contribution in [3.05, 3.63) is 29.8 Å². The summed E-state index contributed by atoms with van der Waals surface area (Å²) in [6.45, 7) is 5.10. The maximum absolute atomic E-state index is 13.0. The second-order valence-electron chi connectivity index (χ2n) is 8.36. The minimum absolute atomic E-state index is 0. The van der Waals surface area contributed by atoms with Gasteiger partial charge in [0.05, 0.1) is 5.41 Å². The largest absolute Gasteiger partial charge is 0.336 e. The molecule has 6 nitrogen and oxygen atoms in total. The molecule has 2 atom stereocenters. The van der Waals surface area contributed by atoms with E-state index in [0.29, 0.717) is 11.5 Å². The molecule has 0 radical (unpaired) electrons. The van der Waals surface area contributed by atoms with Crippen LogP contribution in [-0.4, -0.2) is 67.9 Å². The van der Waals surface area contributed by atoms with Crippen molar-refractivity contribution in [3.63, 3.8) is 0 Å². The van der Waals surface area contributed by atoms with E-state index in [1.165, 1.54) is 6.42 Å². The van der Waals surface area contributed by atoms with Crippen LogP contribution >= 0.6 is 24.8 Å². The molecule has 1 saturated carbocycles. The van der Waals surface area contributed by atoms with E-state index in [1.807, 2.05) is 29.2 Å². The van der Waals surface area contributed by atoms with Crippen LogP contribution < -0.4 is 10.6 Å². The summed E-state index contributed by atoms with van der Waals surface area (Å²) in [5, 5.41) is 6.54. The Balaban J connectivity index is 0.00000150. The zero-order valence-electron chi connectivity index (χ0n) is 17.0. The molecule has 2 heterocycles. The first-order valence-corrected chi connectivity index (χ1v) is 10.2. The molecular weight excluding hydrogens is 411 g/mol. The first-order chi connectivity index (χ1) is 13.1. The normalized spacial score (nSPS) is 26.7. The Morgan fingerprint density at radius 2 is 1.76 bits per heavy atom. The van der Waals surface area contributed by atoms with Crippen LogP contribution in [0.2, 0.25) is 0 Å². The number of amides is 2. The molecule has 162 valence electrons. The summed E-state index contributed by atoms with van der Waals surface area (Å²) >= 11 is 0. The molecule has 1 aliphatic carbocycles. The lowest BCUT2D eigenvalue weighted by Gasteiger charge is -2.37. The number of fused-ring (bicyclic) bond motifs is 1. The molecule has 0 spiro atoms. The zero-order chi connectivity index (χ0) is 18.9. The molecule has 2 aliphatic heterocycles. The van der Waals surface area contributed by atoms with Gasteiger partial charge in [0.2, 0.25) is 5.91 Å². The van der Waals surface area contributed by atoms with E-state index in [4.69, 9.17) is 0 Å². The average Bonchev–Trinajstić information content (AvgIpc) is 3.14. The number of nitrogens with zero attached hydrogens (tertiary/aromatic N) is 2. The lowest BCUT2D eigenvalue weighted by molar-refractivity contribution is -0.128. The van der Waals surface area contributed by atoms with Crippen LogP contribution in [0, 0.1) is 11.3 Å². The second-order valence-corrected chi connectivity index (χ2v) is 8.36. The number of piperazine rings is 1. The highest BCUT2D eigenvalue weighted by atomic mass is 35.5. The van der Waals surface area contributed by atoms with E-state index in [0.717, 1.165) is 64.2 Å². The first kappa shape index (κ1) is 23.9. The van der Waals surface area contributed by atoms with Crippen molar-refractivity contribution >= 4 is 42.3 Å². The van der Waals surface area contributed by atoms with Gasteiger partial charge in [-0.3, -0.25) is 9.59 Å².